The number of benzene rings is 1. The molecule has 4 heteroatoms. The van der Waals surface area contributed by atoms with Crippen molar-refractivity contribution in [2.75, 3.05) is 11.9 Å². The van der Waals surface area contributed by atoms with Gasteiger partial charge >= 0.3 is 0 Å². The molecular formula is C14H20N2O2. The van der Waals surface area contributed by atoms with Crippen molar-refractivity contribution >= 4 is 11.6 Å². The third-order valence-electron chi connectivity index (χ3n) is 3.10. The molecule has 0 unspecified atom stereocenters. The Morgan fingerprint density at radius 3 is 2.94 bits per heavy atom. The molecule has 0 atom stereocenters. The summed E-state index contributed by atoms with van der Waals surface area (Å²) >= 11 is 0. The highest BCUT2D eigenvalue weighted by molar-refractivity contribution is 6.00. The summed E-state index contributed by atoms with van der Waals surface area (Å²) in [4.78, 5) is 11.8. The minimum atomic E-state index is -0.640. The number of hydrogen-bond donors (Lipinski definition) is 2. The molecule has 98 valence electrons. The zero-order valence-corrected chi connectivity index (χ0v) is 10.7. The summed E-state index contributed by atoms with van der Waals surface area (Å²) in [5.74, 6) is 0.677. The summed E-state index contributed by atoms with van der Waals surface area (Å²) in [6.07, 6.45) is 3.67. The Hall–Kier alpha value is -1.55. The Bertz CT molecular complexity index is 428. The predicted octanol–water partition coefficient (Wildman–Crippen LogP) is 2.30. The van der Waals surface area contributed by atoms with Crippen LogP contribution in [0.1, 0.15) is 32.6 Å². The smallest absolute Gasteiger partial charge is 0.244 e. The van der Waals surface area contributed by atoms with E-state index in [2.05, 4.69) is 12.2 Å². The molecule has 1 saturated carbocycles. The van der Waals surface area contributed by atoms with E-state index in [4.69, 9.17) is 10.5 Å². The predicted molar refractivity (Wildman–Crippen MR) is 71.6 cm³/mol. The fraction of sp³-hybridized carbons (Fsp3) is 0.500. The third kappa shape index (κ3) is 3.23. The fourth-order valence-corrected chi connectivity index (χ4v) is 1.62. The van der Waals surface area contributed by atoms with Gasteiger partial charge in [-0.3, -0.25) is 4.79 Å². The quantitative estimate of drug-likeness (QED) is 0.759. The van der Waals surface area contributed by atoms with Gasteiger partial charge in [-0.2, -0.15) is 0 Å². The summed E-state index contributed by atoms with van der Waals surface area (Å²) in [5.41, 5.74) is 5.93. The Kier molecular flexibility index (Phi) is 3.87. The summed E-state index contributed by atoms with van der Waals surface area (Å²) in [7, 11) is 0. The topological polar surface area (TPSA) is 64.3 Å². The van der Waals surface area contributed by atoms with Crippen molar-refractivity contribution in [3.63, 3.8) is 0 Å². The second-order valence-electron chi connectivity index (χ2n) is 4.84. The van der Waals surface area contributed by atoms with Gasteiger partial charge in [-0.25, -0.2) is 0 Å². The van der Waals surface area contributed by atoms with Crippen molar-refractivity contribution < 1.29 is 9.53 Å². The molecule has 2 rings (SSSR count). The van der Waals surface area contributed by atoms with Gasteiger partial charge in [0.25, 0.3) is 0 Å². The van der Waals surface area contributed by atoms with Crippen LogP contribution in [0.25, 0.3) is 0 Å². The van der Waals surface area contributed by atoms with E-state index < -0.39 is 5.54 Å². The number of rotatable bonds is 6. The second kappa shape index (κ2) is 5.40. The number of carbonyl (C=O) groups excluding carboxylic acids is 1. The fourth-order valence-electron chi connectivity index (χ4n) is 1.62. The van der Waals surface area contributed by atoms with Crippen molar-refractivity contribution in [2.45, 2.75) is 38.1 Å². The van der Waals surface area contributed by atoms with E-state index in [1.807, 2.05) is 24.3 Å². The Balaban J connectivity index is 1.92. The van der Waals surface area contributed by atoms with E-state index >= 15 is 0 Å². The lowest BCUT2D eigenvalue weighted by atomic mass is 10.2. The maximum Gasteiger partial charge on any atom is 0.244 e. The van der Waals surface area contributed by atoms with E-state index in [0.717, 1.165) is 37.1 Å². The summed E-state index contributed by atoms with van der Waals surface area (Å²) in [6, 6.07) is 7.43. The normalized spacial score (nSPS) is 16.1. The lowest BCUT2D eigenvalue weighted by Gasteiger charge is -2.11. The van der Waals surface area contributed by atoms with Crippen molar-refractivity contribution in [1.82, 2.24) is 0 Å². The number of amides is 1. The van der Waals surface area contributed by atoms with Crippen molar-refractivity contribution in [3.8, 4) is 5.75 Å². The van der Waals surface area contributed by atoms with E-state index in [-0.39, 0.29) is 5.91 Å². The molecule has 4 nitrogen and oxygen atoms in total. The number of unbranched alkanes of at least 4 members (excludes halogenated alkanes) is 1. The molecule has 3 N–H and O–H groups in total. The molecule has 1 fully saturated rings. The zero-order valence-electron chi connectivity index (χ0n) is 10.7. The SMILES string of the molecule is CCCCOc1cccc(NC(=O)C2(N)CC2)c1. The third-order valence-corrected chi connectivity index (χ3v) is 3.10. The van der Waals surface area contributed by atoms with E-state index in [9.17, 15) is 4.79 Å². The average molecular weight is 248 g/mol. The maximum atomic E-state index is 11.8. The zero-order chi connectivity index (χ0) is 13.0. The largest absolute Gasteiger partial charge is 0.494 e. The number of ether oxygens (including phenoxy) is 1. The number of hydrogen-bond acceptors (Lipinski definition) is 3. The first kappa shape index (κ1) is 12.9. The molecule has 1 aromatic rings. The first-order valence-electron chi connectivity index (χ1n) is 6.47. The van der Waals surface area contributed by atoms with Crippen LogP contribution in [0.2, 0.25) is 0 Å². The van der Waals surface area contributed by atoms with Gasteiger partial charge in [0, 0.05) is 11.8 Å². The molecule has 0 saturated heterocycles. The van der Waals surface area contributed by atoms with E-state index in [1.165, 1.54) is 0 Å². The molecule has 18 heavy (non-hydrogen) atoms. The highest BCUT2D eigenvalue weighted by atomic mass is 16.5. The maximum absolute atomic E-state index is 11.8. The monoisotopic (exact) mass is 248 g/mol. The summed E-state index contributed by atoms with van der Waals surface area (Å²) < 4.78 is 5.59. The summed E-state index contributed by atoms with van der Waals surface area (Å²) in [5, 5.41) is 2.83. The van der Waals surface area contributed by atoms with Crippen LogP contribution in [-0.4, -0.2) is 18.1 Å². The highest BCUT2D eigenvalue weighted by Gasteiger charge is 2.45. The van der Waals surface area contributed by atoms with Gasteiger partial charge in [0.15, 0.2) is 0 Å². The van der Waals surface area contributed by atoms with Gasteiger partial charge in [0.1, 0.15) is 5.75 Å². The minimum Gasteiger partial charge on any atom is -0.494 e. The second-order valence-corrected chi connectivity index (χ2v) is 4.84. The van der Waals surface area contributed by atoms with Gasteiger partial charge in [-0.1, -0.05) is 19.4 Å². The molecule has 0 radical (unpaired) electrons. The van der Waals surface area contributed by atoms with Gasteiger partial charge < -0.3 is 15.8 Å². The Morgan fingerprint density at radius 1 is 1.50 bits per heavy atom. The molecule has 1 amide bonds. The van der Waals surface area contributed by atoms with Crippen molar-refractivity contribution in [1.29, 1.82) is 0 Å². The van der Waals surface area contributed by atoms with Crippen LogP contribution < -0.4 is 15.8 Å². The number of nitrogens with one attached hydrogen (secondary N) is 1. The molecule has 0 aliphatic heterocycles. The van der Waals surface area contributed by atoms with Gasteiger partial charge in [-0.15, -0.1) is 0 Å². The molecule has 0 bridgehead atoms. The van der Waals surface area contributed by atoms with Gasteiger partial charge in [0.2, 0.25) is 5.91 Å². The molecule has 1 aliphatic rings. The van der Waals surface area contributed by atoms with Crippen molar-refractivity contribution in [3.05, 3.63) is 24.3 Å². The number of nitrogens with two attached hydrogens (primary N) is 1. The minimum absolute atomic E-state index is 0.104. The number of anilines is 1. The Morgan fingerprint density at radius 2 is 2.28 bits per heavy atom. The molecule has 0 spiro atoms. The first-order valence-corrected chi connectivity index (χ1v) is 6.47. The van der Waals surface area contributed by atoms with Crippen LogP contribution in [-0.2, 0) is 4.79 Å². The van der Waals surface area contributed by atoms with Crippen LogP contribution >= 0.6 is 0 Å². The standard InChI is InChI=1S/C14H20N2O2/c1-2-3-9-18-12-6-4-5-11(10-12)16-13(17)14(15)7-8-14/h4-6,10H,2-3,7-9,15H2,1H3,(H,16,17). The van der Waals surface area contributed by atoms with E-state index in [0.29, 0.717) is 6.61 Å². The molecular weight excluding hydrogens is 228 g/mol. The molecule has 0 aromatic heterocycles. The lowest BCUT2D eigenvalue weighted by Crippen LogP contribution is -2.37. The van der Waals surface area contributed by atoms with Crippen LogP contribution in [0.15, 0.2) is 24.3 Å². The van der Waals surface area contributed by atoms with Crippen LogP contribution in [0.5, 0.6) is 5.75 Å². The van der Waals surface area contributed by atoms with Crippen molar-refractivity contribution in [2.24, 2.45) is 5.73 Å². The summed E-state index contributed by atoms with van der Waals surface area (Å²) in [6.45, 7) is 2.82. The average Bonchev–Trinajstić information content (AvgIpc) is 3.10. The number of carbonyl (C=O) groups is 1. The highest BCUT2D eigenvalue weighted by Crippen LogP contribution is 2.33. The lowest BCUT2D eigenvalue weighted by molar-refractivity contribution is -0.118. The van der Waals surface area contributed by atoms with Crippen LogP contribution in [0, 0.1) is 0 Å². The van der Waals surface area contributed by atoms with Crippen LogP contribution in [0.3, 0.4) is 0 Å². The first-order chi connectivity index (χ1) is 8.64. The Labute approximate surface area is 108 Å². The van der Waals surface area contributed by atoms with Gasteiger partial charge in [0.05, 0.1) is 12.1 Å². The van der Waals surface area contributed by atoms with Crippen LogP contribution in [0.4, 0.5) is 5.69 Å². The molecule has 0 heterocycles. The molecule has 1 aromatic carbocycles. The van der Waals surface area contributed by atoms with E-state index in [1.54, 1.807) is 0 Å². The van der Waals surface area contributed by atoms with Gasteiger partial charge in [-0.05, 0) is 31.4 Å². The molecule has 1 aliphatic carbocycles.